The van der Waals surface area contributed by atoms with Gasteiger partial charge in [0.05, 0.1) is 4.90 Å². The van der Waals surface area contributed by atoms with Crippen LogP contribution in [-0.2, 0) is 23.0 Å². The summed E-state index contributed by atoms with van der Waals surface area (Å²) in [6, 6.07) is 5.69. The van der Waals surface area contributed by atoms with Crippen LogP contribution in [0.2, 0.25) is 0 Å². The van der Waals surface area contributed by atoms with Crippen molar-refractivity contribution in [3.8, 4) is 0 Å². The standard InChI is InChI=1S/C16H26N2O2S/c1-4-15-9-8-14(11-17)10-16(15)21(19,20)18-12(2)6-5-7-13(18)3/h8-10,12-13H,4-7,11,17H2,1-3H3/t12-,13+. The Hall–Kier alpha value is -0.910. The number of nitrogens with two attached hydrogens (primary N) is 1. The molecule has 1 saturated heterocycles. The quantitative estimate of drug-likeness (QED) is 0.930. The monoisotopic (exact) mass is 310 g/mol. The third kappa shape index (κ3) is 3.15. The molecule has 0 radical (unpaired) electrons. The molecular formula is C16H26N2O2S. The third-order valence-electron chi connectivity index (χ3n) is 4.42. The zero-order valence-corrected chi connectivity index (χ0v) is 14.0. The van der Waals surface area contributed by atoms with Gasteiger partial charge in [0.25, 0.3) is 0 Å². The molecule has 118 valence electrons. The molecule has 2 rings (SSSR count). The van der Waals surface area contributed by atoms with Gasteiger partial charge >= 0.3 is 0 Å². The van der Waals surface area contributed by atoms with Crippen molar-refractivity contribution >= 4 is 10.0 Å². The second-order valence-electron chi connectivity index (χ2n) is 5.96. The Bertz CT molecular complexity index is 588. The highest BCUT2D eigenvalue weighted by atomic mass is 32.2. The van der Waals surface area contributed by atoms with Gasteiger partial charge in [0.15, 0.2) is 0 Å². The van der Waals surface area contributed by atoms with Gasteiger partial charge in [-0.1, -0.05) is 25.5 Å². The van der Waals surface area contributed by atoms with Crippen LogP contribution in [0.5, 0.6) is 0 Å². The predicted octanol–water partition coefficient (Wildman–Crippen LogP) is 2.66. The molecule has 2 N–H and O–H groups in total. The normalized spacial score (nSPS) is 24.2. The van der Waals surface area contributed by atoms with Crippen molar-refractivity contribution in [2.75, 3.05) is 0 Å². The fourth-order valence-corrected chi connectivity index (χ4v) is 5.47. The van der Waals surface area contributed by atoms with Gasteiger partial charge in [-0.2, -0.15) is 4.31 Å². The van der Waals surface area contributed by atoms with Gasteiger partial charge in [0, 0.05) is 18.6 Å². The zero-order valence-electron chi connectivity index (χ0n) is 13.2. The van der Waals surface area contributed by atoms with E-state index < -0.39 is 10.0 Å². The summed E-state index contributed by atoms with van der Waals surface area (Å²) in [5.74, 6) is 0. The van der Waals surface area contributed by atoms with E-state index >= 15 is 0 Å². The van der Waals surface area contributed by atoms with E-state index in [1.54, 1.807) is 10.4 Å². The van der Waals surface area contributed by atoms with Crippen molar-refractivity contribution < 1.29 is 8.42 Å². The number of benzene rings is 1. The van der Waals surface area contributed by atoms with Crippen LogP contribution in [0.1, 0.15) is 51.2 Å². The van der Waals surface area contributed by atoms with Gasteiger partial charge in [0.2, 0.25) is 10.0 Å². The maximum atomic E-state index is 13.1. The van der Waals surface area contributed by atoms with Crippen LogP contribution in [0.25, 0.3) is 0 Å². The van der Waals surface area contributed by atoms with Gasteiger partial charge < -0.3 is 5.73 Å². The molecule has 1 aromatic rings. The van der Waals surface area contributed by atoms with E-state index in [1.807, 2.05) is 32.9 Å². The summed E-state index contributed by atoms with van der Waals surface area (Å²) in [5.41, 5.74) is 7.41. The molecule has 1 fully saturated rings. The minimum absolute atomic E-state index is 0.0602. The molecule has 1 aromatic carbocycles. The van der Waals surface area contributed by atoms with Crippen molar-refractivity contribution in [2.45, 2.75) is 70.0 Å². The Morgan fingerprint density at radius 3 is 2.38 bits per heavy atom. The Kier molecular flexibility index (Phi) is 5.07. The van der Waals surface area contributed by atoms with Crippen molar-refractivity contribution in [1.29, 1.82) is 0 Å². The highest BCUT2D eigenvalue weighted by Gasteiger charge is 2.36. The van der Waals surface area contributed by atoms with E-state index in [4.69, 9.17) is 5.73 Å². The molecule has 0 spiro atoms. The zero-order chi connectivity index (χ0) is 15.6. The molecule has 1 aliphatic rings. The summed E-state index contributed by atoms with van der Waals surface area (Å²) in [6.07, 6.45) is 3.66. The van der Waals surface area contributed by atoms with Crippen molar-refractivity contribution in [1.82, 2.24) is 4.31 Å². The minimum Gasteiger partial charge on any atom is -0.326 e. The number of aryl methyl sites for hydroxylation is 1. The molecule has 0 saturated carbocycles. The first-order chi connectivity index (χ1) is 9.91. The molecule has 1 heterocycles. The second-order valence-corrected chi connectivity index (χ2v) is 7.78. The average Bonchev–Trinajstić information content (AvgIpc) is 2.46. The van der Waals surface area contributed by atoms with Crippen molar-refractivity contribution in [3.05, 3.63) is 29.3 Å². The highest BCUT2D eigenvalue weighted by Crippen LogP contribution is 2.31. The SMILES string of the molecule is CCc1ccc(CN)cc1S(=O)(=O)N1[C@H](C)CCC[C@@H]1C. The Morgan fingerprint density at radius 2 is 1.86 bits per heavy atom. The first-order valence-electron chi connectivity index (χ1n) is 7.77. The van der Waals surface area contributed by atoms with E-state index in [0.29, 0.717) is 17.9 Å². The van der Waals surface area contributed by atoms with Gasteiger partial charge in [0.1, 0.15) is 0 Å². The number of piperidine rings is 1. The first kappa shape index (κ1) is 16.5. The third-order valence-corrected chi connectivity index (χ3v) is 6.63. The van der Waals surface area contributed by atoms with E-state index in [1.165, 1.54) is 0 Å². The molecule has 0 amide bonds. The summed E-state index contributed by atoms with van der Waals surface area (Å²) in [4.78, 5) is 0.438. The fraction of sp³-hybridized carbons (Fsp3) is 0.625. The van der Waals surface area contributed by atoms with Crippen LogP contribution in [0, 0.1) is 0 Å². The van der Waals surface area contributed by atoms with E-state index in [9.17, 15) is 8.42 Å². The summed E-state index contributed by atoms with van der Waals surface area (Å²) in [6.45, 7) is 6.36. The molecule has 1 aliphatic heterocycles. The number of sulfonamides is 1. The van der Waals surface area contributed by atoms with Crippen LogP contribution in [-0.4, -0.2) is 24.8 Å². The molecule has 0 unspecified atom stereocenters. The molecule has 21 heavy (non-hydrogen) atoms. The van der Waals surface area contributed by atoms with Crippen molar-refractivity contribution in [3.63, 3.8) is 0 Å². The Labute approximate surface area is 128 Å². The lowest BCUT2D eigenvalue weighted by molar-refractivity contribution is 0.204. The molecule has 0 aromatic heterocycles. The van der Waals surface area contributed by atoms with Gasteiger partial charge in [-0.15, -0.1) is 0 Å². The predicted molar refractivity (Wildman–Crippen MR) is 85.5 cm³/mol. The minimum atomic E-state index is -3.46. The largest absolute Gasteiger partial charge is 0.326 e. The number of hydrogen-bond donors (Lipinski definition) is 1. The van der Waals surface area contributed by atoms with Gasteiger partial charge in [-0.25, -0.2) is 8.42 Å². The molecular weight excluding hydrogens is 284 g/mol. The van der Waals surface area contributed by atoms with Crippen LogP contribution >= 0.6 is 0 Å². The van der Waals surface area contributed by atoms with Crippen molar-refractivity contribution in [2.24, 2.45) is 5.73 Å². The van der Waals surface area contributed by atoms with E-state index in [0.717, 1.165) is 30.4 Å². The average molecular weight is 310 g/mol. The van der Waals surface area contributed by atoms with Crippen LogP contribution in [0.3, 0.4) is 0 Å². The Morgan fingerprint density at radius 1 is 1.24 bits per heavy atom. The van der Waals surface area contributed by atoms with Crippen LogP contribution in [0.15, 0.2) is 23.1 Å². The van der Waals surface area contributed by atoms with Crippen LogP contribution in [0.4, 0.5) is 0 Å². The topological polar surface area (TPSA) is 63.4 Å². The lowest BCUT2D eigenvalue weighted by Crippen LogP contribution is -2.47. The molecule has 0 aliphatic carbocycles. The van der Waals surface area contributed by atoms with Gasteiger partial charge in [-0.05, 0) is 50.3 Å². The van der Waals surface area contributed by atoms with E-state index in [2.05, 4.69) is 0 Å². The number of hydrogen-bond acceptors (Lipinski definition) is 3. The fourth-order valence-electron chi connectivity index (χ4n) is 3.24. The number of rotatable bonds is 4. The smallest absolute Gasteiger partial charge is 0.243 e. The molecule has 4 nitrogen and oxygen atoms in total. The van der Waals surface area contributed by atoms with Crippen LogP contribution < -0.4 is 5.73 Å². The maximum absolute atomic E-state index is 13.1. The Balaban J connectivity index is 2.52. The van der Waals surface area contributed by atoms with Gasteiger partial charge in [-0.3, -0.25) is 0 Å². The lowest BCUT2D eigenvalue weighted by Gasteiger charge is -2.38. The molecule has 2 atom stereocenters. The number of nitrogens with zero attached hydrogens (tertiary/aromatic N) is 1. The summed E-state index contributed by atoms with van der Waals surface area (Å²) in [7, 11) is -3.46. The maximum Gasteiger partial charge on any atom is 0.243 e. The molecule has 5 heteroatoms. The van der Waals surface area contributed by atoms with E-state index in [-0.39, 0.29) is 12.1 Å². The first-order valence-corrected chi connectivity index (χ1v) is 9.21. The summed E-state index contributed by atoms with van der Waals surface area (Å²) in [5, 5.41) is 0. The second kappa shape index (κ2) is 6.46. The summed E-state index contributed by atoms with van der Waals surface area (Å²) < 4.78 is 28.0. The lowest BCUT2D eigenvalue weighted by atomic mass is 10.0. The highest BCUT2D eigenvalue weighted by molar-refractivity contribution is 7.89. The summed E-state index contributed by atoms with van der Waals surface area (Å²) >= 11 is 0. The molecule has 0 bridgehead atoms.